The third kappa shape index (κ3) is 3.95. The van der Waals surface area contributed by atoms with Crippen molar-refractivity contribution in [1.29, 1.82) is 0 Å². The first-order chi connectivity index (χ1) is 6.56. The molecule has 0 aromatic heterocycles. The summed E-state index contributed by atoms with van der Waals surface area (Å²) in [7, 11) is 2.14. The average molecular weight is 202 g/mol. The van der Waals surface area contributed by atoms with Gasteiger partial charge in [-0.2, -0.15) is 0 Å². The summed E-state index contributed by atoms with van der Waals surface area (Å²) in [6.07, 6.45) is 0. The number of rotatable bonds is 2. The van der Waals surface area contributed by atoms with Gasteiger partial charge < -0.3 is 10.0 Å². The zero-order valence-electron chi connectivity index (χ0n) is 10.4. The van der Waals surface area contributed by atoms with Crippen molar-refractivity contribution in [2.24, 2.45) is 0 Å². The molecule has 0 unspecified atom stereocenters. The fourth-order valence-corrected chi connectivity index (χ4v) is 1.51. The van der Waals surface area contributed by atoms with Gasteiger partial charge in [0.1, 0.15) is 0 Å². The summed E-state index contributed by atoms with van der Waals surface area (Å²) in [6.45, 7) is 12.8. The van der Waals surface area contributed by atoms with E-state index in [4.69, 9.17) is 5.11 Å². The fourth-order valence-electron chi connectivity index (χ4n) is 1.51. The van der Waals surface area contributed by atoms with Crippen molar-refractivity contribution < 1.29 is 5.11 Å². The Morgan fingerprint density at radius 1 is 1.07 bits per heavy atom. The van der Waals surface area contributed by atoms with Crippen LogP contribution in [0, 0.1) is 0 Å². The number of aliphatic hydroxyl groups excluding tert-OH is 1. The van der Waals surface area contributed by atoms with Crippen LogP contribution < -0.4 is 0 Å². The molecule has 1 saturated heterocycles. The van der Waals surface area contributed by atoms with Crippen LogP contribution in [0.3, 0.4) is 0 Å². The largest absolute Gasteiger partial charge is 0.394 e. The Morgan fingerprint density at radius 3 is 1.86 bits per heavy atom. The van der Waals surface area contributed by atoms with E-state index in [1.807, 2.05) is 13.8 Å². The minimum atomic E-state index is -0.0404. The first-order valence-electron chi connectivity index (χ1n) is 5.61. The molecule has 0 amide bonds. The third-order valence-electron chi connectivity index (χ3n) is 2.75. The minimum absolute atomic E-state index is 0.0404. The van der Waals surface area contributed by atoms with Crippen molar-refractivity contribution in [3.8, 4) is 0 Å². The van der Waals surface area contributed by atoms with Crippen LogP contribution in [0.25, 0.3) is 0 Å². The van der Waals surface area contributed by atoms with E-state index in [1.54, 1.807) is 0 Å². The summed E-state index contributed by atoms with van der Waals surface area (Å²) in [5.41, 5.74) is -0.0404. The lowest BCUT2D eigenvalue weighted by molar-refractivity contribution is 0.0229. The number of hydrogen-bond acceptors (Lipinski definition) is 3. The summed E-state index contributed by atoms with van der Waals surface area (Å²) in [6, 6.07) is 0. The summed E-state index contributed by atoms with van der Waals surface area (Å²) in [5, 5.41) is 9.16. The second-order valence-electron chi connectivity index (χ2n) is 4.26. The topological polar surface area (TPSA) is 26.7 Å². The van der Waals surface area contributed by atoms with Crippen LogP contribution in [0.4, 0.5) is 0 Å². The Balaban J connectivity index is 0.000000791. The van der Waals surface area contributed by atoms with Crippen molar-refractivity contribution in [2.45, 2.75) is 33.2 Å². The molecule has 0 aromatic rings. The Morgan fingerprint density at radius 2 is 1.50 bits per heavy atom. The first-order valence-corrected chi connectivity index (χ1v) is 5.61. The quantitative estimate of drug-likeness (QED) is 0.724. The summed E-state index contributed by atoms with van der Waals surface area (Å²) >= 11 is 0. The molecule has 1 rings (SSSR count). The fraction of sp³-hybridized carbons (Fsp3) is 1.00. The molecule has 1 heterocycles. The highest BCUT2D eigenvalue weighted by atomic mass is 16.3. The van der Waals surface area contributed by atoms with E-state index in [-0.39, 0.29) is 12.1 Å². The molecule has 1 aliphatic rings. The molecule has 0 atom stereocenters. The van der Waals surface area contributed by atoms with E-state index < -0.39 is 0 Å². The normalized spacial score (nSPS) is 20.1. The van der Waals surface area contributed by atoms with Crippen LogP contribution in [-0.2, 0) is 0 Å². The van der Waals surface area contributed by atoms with Gasteiger partial charge in [-0.05, 0) is 20.9 Å². The summed E-state index contributed by atoms with van der Waals surface area (Å²) in [5.74, 6) is 0. The second-order valence-corrected chi connectivity index (χ2v) is 4.26. The molecular formula is C11H26N2O. The molecule has 14 heavy (non-hydrogen) atoms. The predicted molar refractivity (Wildman–Crippen MR) is 61.6 cm³/mol. The monoisotopic (exact) mass is 202 g/mol. The van der Waals surface area contributed by atoms with Crippen molar-refractivity contribution in [3.63, 3.8) is 0 Å². The van der Waals surface area contributed by atoms with Crippen LogP contribution in [0.5, 0.6) is 0 Å². The zero-order valence-corrected chi connectivity index (χ0v) is 10.4. The van der Waals surface area contributed by atoms with Gasteiger partial charge in [0.05, 0.1) is 6.61 Å². The standard InChI is InChI=1S/C9H20N2O.C2H6/c1-9(2,8-12)11-6-4-10(3)5-7-11;1-2/h12H,4-8H2,1-3H3;1-2H3. The average Bonchev–Trinajstić information content (AvgIpc) is 2.21. The Bertz CT molecular complexity index is 140. The number of likely N-dealkylation sites (N-methyl/N-ethyl adjacent to an activating group) is 1. The highest BCUT2D eigenvalue weighted by Gasteiger charge is 2.27. The predicted octanol–water partition coefficient (Wildman–Crippen LogP) is 1.03. The molecule has 0 aromatic carbocycles. The van der Waals surface area contributed by atoms with Gasteiger partial charge >= 0.3 is 0 Å². The molecule has 86 valence electrons. The van der Waals surface area contributed by atoms with E-state index >= 15 is 0 Å². The van der Waals surface area contributed by atoms with Gasteiger partial charge in [-0.1, -0.05) is 13.8 Å². The van der Waals surface area contributed by atoms with Gasteiger partial charge in [0.2, 0.25) is 0 Å². The second kappa shape index (κ2) is 6.38. The van der Waals surface area contributed by atoms with E-state index in [2.05, 4.69) is 30.7 Å². The molecule has 0 saturated carbocycles. The molecule has 0 aliphatic carbocycles. The molecule has 3 heteroatoms. The third-order valence-corrected chi connectivity index (χ3v) is 2.75. The maximum atomic E-state index is 9.16. The van der Waals surface area contributed by atoms with E-state index in [0.29, 0.717) is 0 Å². The molecule has 1 fully saturated rings. The molecular weight excluding hydrogens is 176 g/mol. The molecule has 0 spiro atoms. The van der Waals surface area contributed by atoms with E-state index in [0.717, 1.165) is 26.2 Å². The number of nitrogens with zero attached hydrogens (tertiary/aromatic N) is 2. The van der Waals surface area contributed by atoms with Crippen molar-refractivity contribution in [3.05, 3.63) is 0 Å². The van der Waals surface area contributed by atoms with E-state index in [1.165, 1.54) is 0 Å². The van der Waals surface area contributed by atoms with Crippen LogP contribution in [0.2, 0.25) is 0 Å². The lowest BCUT2D eigenvalue weighted by Crippen LogP contribution is -2.55. The van der Waals surface area contributed by atoms with Crippen molar-refractivity contribution in [2.75, 3.05) is 39.8 Å². The van der Waals surface area contributed by atoms with Crippen LogP contribution in [-0.4, -0.2) is 60.3 Å². The maximum absolute atomic E-state index is 9.16. The molecule has 1 aliphatic heterocycles. The van der Waals surface area contributed by atoms with Crippen LogP contribution in [0.1, 0.15) is 27.7 Å². The lowest BCUT2D eigenvalue weighted by atomic mass is 10.0. The van der Waals surface area contributed by atoms with Gasteiger partial charge in [-0.15, -0.1) is 0 Å². The Labute approximate surface area is 88.7 Å². The van der Waals surface area contributed by atoms with Gasteiger partial charge in [0, 0.05) is 31.7 Å². The highest BCUT2D eigenvalue weighted by Crippen LogP contribution is 2.15. The summed E-state index contributed by atoms with van der Waals surface area (Å²) < 4.78 is 0. The first kappa shape index (κ1) is 13.9. The SMILES string of the molecule is CC.CN1CCN(C(C)(C)CO)CC1. The molecule has 3 nitrogen and oxygen atoms in total. The lowest BCUT2D eigenvalue weighted by Gasteiger charge is -2.42. The Hall–Kier alpha value is -0.120. The molecule has 0 radical (unpaired) electrons. The number of aliphatic hydroxyl groups is 1. The Kier molecular flexibility index (Phi) is 6.33. The number of piperazine rings is 1. The summed E-state index contributed by atoms with van der Waals surface area (Å²) in [4.78, 5) is 4.68. The van der Waals surface area contributed by atoms with Gasteiger partial charge in [0.25, 0.3) is 0 Å². The van der Waals surface area contributed by atoms with Gasteiger partial charge in [-0.3, -0.25) is 4.90 Å². The molecule has 0 bridgehead atoms. The molecule has 1 N–H and O–H groups in total. The minimum Gasteiger partial charge on any atom is -0.394 e. The van der Waals surface area contributed by atoms with E-state index in [9.17, 15) is 0 Å². The zero-order chi connectivity index (χ0) is 11.2. The van der Waals surface area contributed by atoms with Crippen molar-refractivity contribution >= 4 is 0 Å². The van der Waals surface area contributed by atoms with Crippen LogP contribution in [0.15, 0.2) is 0 Å². The van der Waals surface area contributed by atoms with Crippen LogP contribution >= 0.6 is 0 Å². The maximum Gasteiger partial charge on any atom is 0.0610 e. The highest BCUT2D eigenvalue weighted by molar-refractivity contribution is 4.84. The van der Waals surface area contributed by atoms with Crippen molar-refractivity contribution in [1.82, 2.24) is 9.80 Å². The van der Waals surface area contributed by atoms with Gasteiger partial charge in [0.15, 0.2) is 0 Å². The smallest absolute Gasteiger partial charge is 0.0610 e. The van der Waals surface area contributed by atoms with Gasteiger partial charge in [-0.25, -0.2) is 0 Å². The number of hydrogen-bond donors (Lipinski definition) is 1.